The first-order valence-corrected chi connectivity index (χ1v) is 5.43. The van der Waals surface area contributed by atoms with Crippen LogP contribution in [0.5, 0.6) is 0 Å². The van der Waals surface area contributed by atoms with Crippen LogP contribution < -0.4 is 17.4 Å². The van der Waals surface area contributed by atoms with Crippen molar-refractivity contribution in [3.63, 3.8) is 0 Å². The van der Waals surface area contributed by atoms with Gasteiger partial charge in [0.25, 0.3) is 0 Å². The minimum Gasteiger partial charge on any atom is -1.00 e. The molecule has 16 heavy (non-hydrogen) atoms. The molecule has 5 heteroatoms. The summed E-state index contributed by atoms with van der Waals surface area (Å²) in [6.07, 6.45) is 1.75. The van der Waals surface area contributed by atoms with E-state index in [2.05, 4.69) is 4.98 Å². The van der Waals surface area contributed by atoms with Crippen LogP contribution in [0.25, 0.3) is 11.3 Å². The van der Waals surface area contributed by atoms with E-state index in [1.165, 1.54) is 0 Å². The van der Waals surface area contributed by atoms with Crippen molar-refractivity contribution in [3.8, 4) is 11.3 Å². The van der Waals surface area contributed by atoms with Crippen LogP contribution >= 0.6 is 34.8 Å². The summed E-state index contributed by atoms with van der Waals surface area (Å²) in [7, 11) is 0. The summed E-state index contributed by atoms with van der Waals surface area (Å²) in [5, 5.41) is 1.73. The number of nitrogens with one attached hydrogen (secondary N) is 1. The Kier molecular flexibility index (Phi) is 4.88. The molecule has 0 radical (unpaired) electrons. The van der Waals surface area contributed by atoms with E-state index in [4.69, 9.17) is 34.8 Å². The zero-order chi connectivity index (χ0) is 10.8. The van der Waals surface area contributed by atoms with Crippen LogP contribution in [0.15, 0.2) is 36.5 Å². The van der Waals surface area contributed by atoms with Gasteiger partial charge in [-0.3, -0.25) is 0 Å². The highest BCUT2D eigenvalue weighted by Gasteiger charge is 2.13. The number of halogens is 4. The summed E-state index contributed by atoms with van der Waals surface area (Å²) in [5.41, 5.74) is 1.74. The quantitative estimate of drug-likeness (QED) is 0.749. The molecule has 0 saturated heterocycles. The molecule has 0 aliphatic heterocycles. The van der Waals surface area contributed by atoms with Gasteiger partial charge in [-0.25, -0.2) is 4.98 Å². The fourth-order valence-electron chi connectivity index (χ4n) is 1.28. The molecule has 0 saturated carbocycles. The molecule has 0 bridgehead atoms. The SMILES string of the molecule is Clc1ccc(-c2[nH+]ccc(Cl)c2Cl)cc1.[Cl-]. The maximum atomic E-state index is 6.07. The second-order valence-electron chi connectivity index (χ2n) is 3.02. The lowest BCUT2D eigenvalue weighted by molar-refractivity contribution is -0.364. The smallest absolute Gasteiger partial charge is 0.231 e. The molecule has 2 rings (SSSR count). The Hall–Kier alpha value is -0.470. The van der Waals surface area contributed by atoms with Crippen LogP contribution in [0.3, 0.4) is 0 Å². The van der Waals surface area contributed by atoms with Gasteiger partial charge in [0.2, 0.25) is 5.69 Å². The van der Waals surface area contributed by atoms with Crippen LogP contribution in [-0.4, -0.2) is 0 Å². The van der Waals surface area contributed by atoms with Gasteiger partial charge < -0.3 is 12.4 Å². The van der Waals surface area contributed by atoms with Gasteiger partial charge in [0, 0.05) is 16.7 Å². The molecule has 0 atom stereocenters. The number of H-pyrrole nitrogens is 1. The van der Waals surface area contributed by atoms with Crippen molar-refractivity contribution < 1.29 is 17.4 Å². The number of pyridine rings is 1. The van der Waals surface area contributed by atoms with Crippen LogP contribution in [-0.2, 0) is 0 Å². The first-order chi connectivity index (χ1) is 7.18. The largest absolute Gasteiger partial charge is 1.00 e. The van der Waals surface area contributed by atoms with Crippen molar-refractivity contribution in [1.29, 1.82) is 0 Å². The Morgan fingerprint density at radius 3 is 2.12 bits per heavy atom. The highest BCUT2D eigenvalue weighted by atomic mass is 35.5. The molecule has 84 valence electrons. The minimum absolute atomic E-state index is 0. The van der Waals surface area contributed by atoms with Gasteiger partial charge in [0.1, 0.15) is 5.02 Å². The molecule has 1 nitrogen and oxygen atoms in total. The summed E-state index contributed by atoms with van der Waals surface area (Å²) in [4.78, 5) is 3.05. The monoisotopic (exact) mass is 293 g/mol. The zero-order valence-corrected chi connectivity index (χ0v) is 11.0. The summed E-state index contributed by atoms with van der Waals surface area (Å²) in [5.74, 6) is 0. The van der Waals surface area contributed by atoms with Gasteiger partial charge in [-0.15, -0.1) is 0 Å². The maximum absolute atomic E-state index is 6.07. The number of hydrogen-bond acceptors (Lipinski definition) is 0. The zero-order valence-electron chi connectivity index (χ0n) is 7.98. The van der Waals surface area contributed by atoms with Gasteiger partial charge in [0.05, 0.1) is 5.02 Å². The van der Waals surface area contributed by atoms with E-state index in [0.717, 1.165) is 11.3 Å². The average molecular weight is 295 g/mol. The molecule has 0 fully saturated rings. The van der Waals surface area contributed by atoms with Crippen molar-refractivity contribution in [2.45, 2.75) is 0 Å². The molecule has 0 unspecified atom stereocenters. The Morgan fingerprint density at radius 2 is 1.50 bits per heavy atom. The lowest BCUT2D eigenvalue weighted by Crippen LogP contribution is -3.00. The number of rotatable bonds is 1. The average Bonchev–Trinajstić information content (AvgIpc) is 2.24. The first kappa shape index (κ1) is 13.6. The highest BCUT2D eigenvalue weighted by Crippen LogP contribution is 2.29. The first-order valence-electron chi connectivity index (χ1n) is 4.30. The van der Waals surface area contributed by atoms with Crippen LogP contribution in [0, 0.1) is 0 Å². The molecular weight excluding hydrogens is 288 g/mol. The van der Waals surface area contributed by atoms with Gasteiger partial charge in [-0.1, -0.05) is 34.8 Å². The van der Waals surface area contributed by atoms with E-state index in [0.29, 0.717) is 15.1 Å². The van der Waals surface area contributed by atoms with E-state index < -0.39 is 0 Å². The summed E-state index contributed by atoms with van der Waals surface area (Å²) >= 11 is 17.8. The standard InChI is InChI=1S/C11H6Cl3N.ClH/c12-8-3-1-7(2-4-8)11-10(14)9(13)5-6-15-11;/h1-6H;1H. The Labute approximate surface area is 115 Å². The third-order valence-corrected chi connectivity index (χ3v) is 3.08. The minimum atomic E-state index is 0. The van der Waals surface area contributed by atoms with Gasteiger partial charge in [-0.2, -0.15) is 0 Å². The fourth-order valence-corrected chi connectivity index (χ4v) is 1.79. The van der Waals surface area contributed by atoms with Crippen molar-refractivity contribution in [3.05, 3.63) is 51.6 Å². The van der Waals surface area contributed by atoms with E-state index in [1.54, 1.807) is 12.3 Å². The molecule has 0 amide bonds. The predicted molar refractivity (Wildman–Crippen MR) is 63.5 cm³/mol. The molecular formula is C11H7Cl4N. The molecule has 1 heterocycles. The summed E-state index contributed by atoms with van der Waals surface area (Å²) < 4.78 is 0. The number of hydrogen-bond donors (Lipinski definition) is 0. The molecule has 1 aromatic carbocycles. The molecule has 1 N–H and O–H groups in total. The predicted octanol–water partition coefficient (Wildman–Crippen LogP) is 1.13. The van der Waals surface area contributed by atoms with Crippen LogP contribution in [0.2, 0.25) is 15.1 Å². The van der Waals surface area contributed by atoms with E-state index in [9.17, 15) is 0 Å². The van der Waals surface area contributed by atoms with Crippen LogP contribution in [0.1, 0.15) is 0 Å². The molecule has 2 aromatic rings. The van der Waals surface area contributed by atoms with Crippen molar-refractivity contribution in [2.24, 2.45) is 0 Å². The third-order valence-electron chi connectivity index (χ3n) is 2.02. The second-order valence-corrected chi connectivity index (χ2v) is 4.24. The lowest BCUT2D eigenvalue weighted by Gasteiger charge is -1.99. The fraction of sp³-hybridized carbons (Fsp3) is 0. The number of benzene rings is 1. The van der Waals surface area contributed by atoms with E-state index in [-0.39, 0.29) is 12.4 Å². The van der Waals surface area contributed by atoms with E-state index >= 15 is 0 Å². The second kappa shape index (κ2) is 5.74. The van der Waals surface area contributed by atoms with Gasteiger partial charge in [-0.05, 0) is 24.3 Å². The summed E-state index contributed by atoms with van der Waals surface area (Å²) in [6, 6.07) is 9.10. The topological polar surface area (TPSA) is 14.1 Å². The highest BCUT2D eigenvalue weighted by molar-refractivity contribution is 6.43. The molecule has 0 aliphatic rings. The summed E-state index contributed by atoms with van der Waals surface area (Å²) in [6.45, 7) is 0. The molecule has 0 spiro atoms. The Bertz CT molecular complexity index is 482. The molecule has 1 aromatic heterocycles. The third kappa shape index (κ3) is 2.80. The molecule has 0 aliphatic carbocycles. The maximum Gasteiger partial charge on any atom is 0.231 e. The van der Waals surface area contributed by atoms with Gasteiger partial charge in [0.15, 0.2) is 6.20 Å². The van der Waals surface area contributed by atoms with E-state index in [1.807, 2.05) is 24.3 Å². The normalized spacial score (nSPS) is 9.69. The number of aromatic amines is 1. The van der Waals surface area contributed by atoms with Crippen molar-refractivity contribution in [2.75, 3.05) is 0 Å². The van der Waals surface area contributed by atoms with Gasteiger partial charge >= 0.3 is 0 Å². The van der Waals surface area contributed by atoms with Crippen molar-refractivity contribution >= 4 is 34.8 Å². The Balaban J connectivity index is 0.00000128. The lowest BCUT2D eigenvalue weighted by atomic mass is 10.1. The van der Waals surface area contributed by atoms with Crippen molar-refractivity contribution in [1.82, 2.24) is 0 Å². The number of aromatic nitrogens is 1. The Morgan fingerprint density at radius 1 is 0.875 bits per heavy atom. The van der Waals surface area contributed by atoms with Crippen LogP contribution in [0.4, 0.5) is 0 Å².